The Balaban J connectivity index is 1.52. The van der Waals surface area contributed by atoms with Crippen molar-refractivity contribution in [1.82, 2.24) is 14.5 Å². The molecule has 0 aliphatic carbocycles. The number of carbonyl (C=O) groups is 1. The van der Waals surface area contributed by atoms with Gasteiger partial charge in [0.2, 0.25) is 15.9 Å². The zero-order valence-electron chi connectivity index (χ0n) is 16.3. The molecule has 3 rings (SSSR count). The highest BCUT2D eigenvalue weighted by molar-refractivity contribution is 7.89. The van der Waals surface area contributed by atoms with Gasteiger partial charge >= 0.3 is 0 Å². The summed E-state index contributed by atoms with van der Waals surface area (Å²) in [6, 6.07) is 16.2. The number of benzene rings is 2. The van der Waals surface area contributed by atoms with Crippen LogP contribution in [0.15, 0.2) is 59.5 Å². The van der Waals surface area contributed by atoms with E-state index in [0.717, 1.165) is 5.56 Å². The molecule has 1 fully saturated rings. The molecule has 1 aliphatic rings. The van der Waals surface area contributed by atoms with Gasteiger partial charge in [0.15, 0.2) is 0 Å². The Hall–Kier alpha value is -2.22. The molecule has 0 aromatic heterocycles. The molecule has 1 atom stereocenters. The fourth-order valence-electron chi connectivity index (χ4n) is 3.28. The van der Waals surface area contributed by atoms with Crippen molar-refractivity contribution in [3.05, 3.63) is 65.7 Å². The molecule has 1 aliphatic heterocycles. The molecule has 6 nitrogen and oxygen atoms in total. The maximum Gasteiger partial charge on any atom is 0.243 e. The van der Waals surface area contributed by atoms with Gasteiger partial charge in [0.25, 0.3) is 0 Å². The summed E-state index contributed by atoms with van der Waals surface area (Å²) in [7, 11) is -3.48. The van der Waals surface area contributed by atoms with Gasteiger partial charge in [0.05, 0.1) is 10.9 Å². The second kappa shape index (κ2) is 8.86. The molecular formula is C21H27N3O3S. The van der Waals surface area contributed by atoms with Gasteiger partial charge in [-0.15, -0.1) is 0 Å². The molecule has 1 amide bonds. The highest BCUT2D eigenvalue weighted by atomic mass is 32.2. The van der Waals surface area contributed by atoms with Crippen LogP contribution in [-0.2, 0) is 21.4 Å². The van der Waals surface area contributed by atoms with Gasteiger partial charge in [-0.05, 0) is 31.5 Å². The highest BCUT2D eigenvalue weighted by Gasteiger charge is 2.31. The van der Waals surface area contributed by atoms with Gasteiger partial charge in [-0.1, -0.05) is 48.0 Å². The Morgan fingerprint density at radius 3 is 2.21 bits per heavy atom. The Kier molecular flexibility index (Phi) is 6.49. The fraction of sp³-hybridized carbons (Fsp3) is 0.381. The van der Waals surface area contributed by atoms with Crippen LogP contribution in [0.1, 0.15) is 18.1 Å². The summed E-state index contributed by atoms with van der Waals surface area (Å²) < 4.78 is 26.9. The average molecular weight is 402 g/mol. The molecular weight excluding hydrogens is 374 g/mol. The van der Waals surface area contributed by atoms with Crippen molar-refractivity contribution < 1.29 is 13.2 Å². The number of nitrogens with one attached hydrogen (secondary N) is 1. The lowest BCUT2D eigenvalue weighted by Crippen LogP contribution is -2.54. The van der Waals surface area contributed by atoms with Crippen LogP contribution in [0, 0.1) is 6.92 Å². The molecule has 0 unspecified atom stereocenters. The minimum atomic E-state index is -3.48. The number of amides is 1. The lowest BCUT2D eigenvalue weighted by Gasteiger charge is -2.36. The summed E-state index contributed by atoms with van der Waals surface area (Å²) in [4.78, 5) is 14.8. The largest absolute Gasteiger partial charge is 0.351 e. The van der Waals surface area contributed by atoms with Crippen molar-refractivity contribution in [2.24, 2.45) is 0 Å². The molecule has 2 aromatic carbocycles. The summed E-state index contributed by atoms with van der Waals surface area (Å²) in [6.45, 7) is 6.22. The highest BCUT2D eigenvalue weighted by Crippen LogP contribution is 2.18. The SMILES string of the molecule is Cc1ccc(CNC(=O)[C@@H](C)N2CCN(S(=O)(=O)c3ccccc3)CC2)cc1. The number of rotatable bonds is 6. The van der Waals surface area contributed by atoms with Crippen molar-refractivity contribution in [2.45, 2.75) is 31.3 Å². The van der Waals surface area contributed by atoms with E-state index in [9.17, 15) is 13.2 Å². The van der Waals surface area contributed by atoms with Crippen LogP contribution < -0.4 is 5.32 Å². The van der Waals surface area contributed by atoms with E-state index < -0.39 is 10.0 Å². The summed E-state index contributed by atoms with van der Waals surface area (Å²) >= 11 is 0. The predicted molar refractivity (Wildman–Crippen MR) is 109 cm³/mol. The average Bonchev–Trinajstić information content (AvgIpc) is 2.73. The van der Waals surface area contributed by atoms with Crippen molar-refractivity contribution in [2.75, 3.05) is 26.2 Å². The van der Waals surface area contributed by atoms with E-state index >= 15 is 0 Å². The first-order valence-electron chi connectivity index (χ1n) is 9.50. The molecule has 28 heavy (non-hydrogen) atoms. The van der Waals surface area contributed by atoms with E-state index in [1.165, 1.54) is 9.87 Å². The van der Waals surface area contributed by atoms with Crippen molar-refractivity contribution >= 4 is 15.9 Å². The van der Waals surface area contributed by atoms with E-state index in [1.807, 2.05) is 43.0 Å². The van der Waals surface area contributed by atoms with Crippen LogP contribution in [0.25, 0.3) is 0 Å². The first kappa shape index (κ1) is 20.5. The van der Waals surface area contributed by atoms with Crippen molar-refractivity contribution in [1.29, 1.82) is 0 Å². The maximum absolute atomic E-state index is 12.7. The Labute approximate surface area is 167 Å². The zero-order chi connectivity index (χ0) is 20.1. The molecule has 0 radical (unpaired) electrons. The minimum Gasteiger partial charge on any atom is -0.351 e. The Morgan fingerprint density at radius 1 is 1.00 bits per heavy atom. The topological polar surface area (TPSA) is 69.7 Å². The number of piperazine rings is 1. The lowest BCUT2D eigenvalue weighted by atomic mass is 10.1. The standard InChI is InChI=1S/C21H27N3O3S/c1-17-8-10-19(11-9-17)16-22-21(25)18(2)23-12-14-24(15-13-23)28(26,27)20-6-4-3-5-7-20/h3-11,18H,12-16H2,1-2H3,(H,22,25)/t18-/m1/s1. The fourth-order valence-corrected chi connectivity index (χ4v) is 4.72. The Bertz CT molecular complexity index is 890. The van der Waals surface area contributed by atoms with E-state index in [-0.39, 0.29) is 11.9 Å². The number of aryl methyl sites for hydroxylation is 1. The van der Waals surface area contributed by atoms with Gasteiger partial charge in [0, 0.05) is 32.7 Å². The first-order valence-corrected chi connectivity index (χ1v) is 10.9. The molecule has 1 heterocycles. The molecule has 2 aromatic rings. The molecule has 0 saturated carbocycles. The van der Waals surface area contributed by atoms with Gasteiger partial charge in [-0.25, -0.2) is 8.42 Å². The normalized spacial score (nSPS) is 17.2. The second-order valence-corrected chi connectivity index (χ2v) is 9.07. The van der Waals surface area contributed by atoms with E-state index in [4.69, 9.17) is 0 Å². The third kappa shape index (κ3) is 4.79. The van der Waals surface area contributed by atoms with Gasteiger partial charge < -0.3 is 5.32 Å². The maximum atomic E-state index is 12.7. The van der Waals surface area contributed by atoms with Crippen LogP contribution in [-0.4, -0.2) is 55.8 Å². The first-order chi connectivity index (χ1) is 13.4. The van der Waals surface area contributed by atoms with Crippen molar-refractivity contribution in [3.63, 3.8) is 0 Å². The van der Waals surface area contributed by atoms with Gasteiger partial charge in [-0.2, -0.15) is 4.31 Å². The molecule has 1 saturated heterocycles. The van der Waals surface area contributed by atoms with Crippen molar-refractivity contribution in [3.8, 4) is 0 Å². The molecule has 150 valence electrons. The number of nitrogens with zero attached hydrogens (tertiary/aromatic N) is 2. The van der Waals surface area contributed by atoms with E-state index in [0.29, 0.717) is 37.6 Å². The van der Waals surface area contributed by atoms with Crippen LogP contribution in [0.2, 0.25) is 0 Å². The third-order valence-corrected chi connectivity index (χ3v) is 7.08. The van der Waals surface area contributed by atoms with Crippen LogP contribution in [0.5, 0.6) is 0 Å². The van der Waals surface area contributed by atoms with Crippen LogP contribution in [0.3, 0.4) is 0 Å². The predicted octanol–water partition coefficient (Wildman–Crippen LogP) is 2.01. The number of sulfonamides is 1. The zero-order valence-corrected chi connectivity index (χ0v) is 17.2. The van der Waals surface area contributed by atoms with Crippen LogP contribution >= 0.6 is 0 Å². The monoisotopic (exact) mass is 401 g/mol. The molecule has 0 bridgehead atoms. The number of hydrogen-bond acceptors (Lipinski definition) is 4. The summed E-state index contributed by atoms with van der Waals surface area (Å²) in [5.74, 6) is -0.0417. The molecule has 0 spiro atoms. The van der Waals surface area contributed by atoms with Crippen LogP contribution in [0.4, 0.5) is 0 Å². The number of hydrogen-bond donors (Lipinski definition) is 1. The smallest absolute Gasteiger partial charge is 0.243 e. The molecule has 7 heteroatoms. The van der Waals surface area contributed by atoms with E-state index in [2.05, 4.69) is 5.32 Å². The second-order valence-electron chi connectivity index (χ2n) is 7.13. The summed E-state index contributed by atoms with van der Waals surface area (Å²) in [6.07, 6.45) is 0. The van der Waals surface area contributed by atoms with E-state index in [1.54, 1.807) is 30.3 Å². The lowest BCUT2D eigenvalue weighted by molar-refractivity contribution is -0.126. The quantitative estimate of drug-likeness (QED) is 0.804. The summed E-state index contributed by atoms with van der Waals surface area (Å²) in [5, 5.41) is 2.97. The number of carbonyl (C=O) groups excluding carboxylic acids is 1. The van der Waals surface area contributed by atoms with Gasteiger partial charge in [0.1, 0.15) is 0 Å². The Morgan fingerprint density at radius 2 is 1.61 bits per heavy atom. The minimum absolute atomic E-state index is 0.0417. The third-order valence-electron chi connectivity index (χ3n) is 5.17. The molecule has 1 N–H and O–H groups in total. The summed E-state index contributed by atoms with van der Waals surface area (Å²) in [5.41, 5.74) is 2.25. The van der Waals surface area contributed by atoms with Gasteiger partial charge in [-0.3, -0.25) is 9.69 Å².